The van der Waals surface area contributed by atoms with Crippen LogP contribution in [0.3, 0.4) is 0 Å². The van der Waals surface area contributed by atoms with Gasteiger partial charge in [-0.2, -0.15) is 0 Å². The lowest BCUT2D eigenvalue weighted by Crippen LogP contribution is -2.21. The Hall–Kier alpha value is -2.29. The van der Waals surface area contributed by atoms with Crippen molar-refractivity contribution in [2.24, 2.45) is 11.3 Å². The topological polar surface area (TPSA) is 50.4 Å². The van der Waals surface area contributed by atoms with Crippen molar-refractivity contribution < 1.29 is 14.3 Å². The molecular weight excluding hydrogens is 288 g/mol. The number of aryl methyl sites for hydroxylation is 1. The van der Waals surface area contributed by atoms with Crippen molar-refractivity contribution in [3.63, 3.8) is 0 Å². The number of rotatable bonds is 4. The lowest BCUT2D eigenvalue weighted by molar-refractivity contribution is -0.122. The minimum absolute atomic E-state index is 0.155. The number of furan rings is 1. The molecule has 2 aliphatic carbocycles. The third kappa shape index (κ3) is 2.07. The Bertz CT molecular complexity index is 868. The highest BCUT2D eigenvalue weighted by Crippen LogP contribution is 2.59. The molecule has 2 aliphatic rings. The first-order valence-electron chi connectivity index (χ1n) is 8.18. The van der Waals surface area contributed by atoms with E-state index in [1.165, 1.54) is 0 Å². The standard InChI is InChI=1S/C20H20O3/c1-3-17-15(14-6-4-5-7-18(14)23-17)9-19(22)20-10-12(2)16(21)8-13(20)11-20/h4-8,10,13,21H,3,9,11H2,1-2H3. The summed E-state index contributed by atoms with van der Waals surface area (Å²) in [7, 11) is 0. The van der Waals surface area contributed by atoms with E-state index in [4.69, 9.17) is 4.42 Å². The highest BCUT2D eigenvalue weighted by atomic mass is 16.3. The molecule has 1 aromatic carbocycles. The SMILES string of the molecule is CCc1oc2ccccc2c1CC(=O)C12C=C(C)C(O)=CC1C2. The van der Waals surface area contributed by atoms with Crippen molar-refractivity contribution in [1.82, 2.24) is 0 Å². The van der Waals surface area contributed by atoms with Gasteiger partial charge in [-0.3, -0.25) is 4.79 Å². The van der Waals surface area contributed by atoms with Crippen molar-refractivity contribution in [2.75, 3.05) is 0 Å². The highest BCUT2D eigenvalue weighted by molar-refractivity contribution is 5.96. The summed E-state index contributed by atoms with van der Waals surface area (Å²) in [6, 6.07) is 7.91. The summed E-state index contributed by atoms with van der Waals surface area (Å²) in [6.45, 7) is 3.91. The number of Topliss-reactive ketones (excluding diaryl/α,β-unsaturated/α-hetero) is 1. The Morgan fingerprint density at radius 2 is 2.17 bits per heavy atom. The van der Waals surface area contributed by atoms with Crippen LogP contribution in [0.15, 0.2) is 52.2 Å². The van der Waals surface area contributed by atoms with Gasteiger partial charge in [0.15, 0.2) is 0 Å². The zero-order chi connectivity index (χ0) is 16.2. The summed E-state index contributed by atoms with van der Waals surface area (Å²) in [6.07, 6.45) is 5.79. The van der Waals surface area contributed by atoms with Gasteiger partial charge in [-0.1, -0.05) is 31.2 Å². The first-order chi connectivity index (χ1) is 11.0. The molecular formula is C20H20O3. The largest absolute Gasteiger partial charge is 0.508 e. The highest BCUT2D eigenvalue weighted by Gasteiger charge is 2.58. The van der Waals surface area contributed by atoms with Gasteiger partial charge in [-0.25, -0.2) is 0 Å². The van der Waals surface area contributed by atoms with Crippen molar-refractivity contribution >= 4 is 16.8 Å². The third-order valence-corrected chi connectivity index (χ3v) is 5.26. The Labute approximate surface area is 135 Å². The average molecular weight is 308 g/mol. The molecule has 0 spiro atoms. The van der Waals surface area contributed by atoms with E-state index in [2.05, 4.69) is 6.92 Å². The van der Waals surface area contributed by atoms with E-state index < -0.39 is 5.41 Å². The summed E-state index contributed by atoms with van der Waals surface area (Å²) >= 11 is 0. The predicted molar refractivity (Wildman–Crippen MR) is 89.3 cm³/mol. The monoisotopic (exact) mass is 308 g/mol. The fraction of sp³-hybridized carbons (Fsp3) is 0.350. The van der Waals surface area contributed by atoms with E-state index >= 15 is 0 Å². The second-order valence-electron chi connectivity index (χ2n) is 6.68. The lowest BCUT2D eigenvalue weighted by Gasteiger charge is -2.16. The number of allylic oxidation sites excluding steroid dienone is 3. The molecule has 2 unspecified atom stereocenters. The molecule has 0 amide bonds. The second kappa shape index (κ2) is 4.85. The molecule has 4 rings (SSSR count). The Balaban J connectivity index is 1.69. The quantitative estimate of drug-likeness (QED) is 0.903. The van der Waals surface area contributed by atoms with Crippen LogP contribution in [0, 0.1) is 11.3 Å². The van der Waals surface area contributed by atoms with Gasteiger partial charge in [-0.15, -0.1) is 0 Å². The number of hydrogen-bond acceptors (Lipinski definition) is 3. The molecule has 0 saturated heterocycles. The molecule has 1 fully saturated rings. The van der Waals surface area contributed by atoms with E-state index in [0.29, 0.717) is 12.2 Å². The van der Waals surface area contributed by atoms with Gasteiger partial charge in [0.1, 0.15) is 22.9 Å². The molecule has 2 atom stereocenters. The summed E-state index contributed by atoms with van der Waals surface area (Å²) in [5, 5.41) is 10.9. The van der Waals surface area contributed by atoms with Crippen molar-refractivity contribution in [3.05, 3.63) is 59.1 Å². The smallest absolute Gasteiger partial charge is 0.147 e. The minimum Gasteiger partial charge on any atom is -0.508 e. The molecule has 1 heterocycles. The molecule has 3 nitrogen and oxygen atoms in total. The number of carbonyl (C=O) groups is 1. The number of ketones is 1. The van der Waals surface area contributed by atoms with E-state index in [0.717, 1.165) is 40.7 Å². The summed E-state index contributed by atoms with van der Waals surface area (Å²) < 4.78 is 5.90. The van der Waals surface area contributed by atoms with E-state index in [-0.39, 0.29) is 11.7 Å². The number of hydrogen-bond donors (Lipinski definition) is 1. The molecule has 118 valence electrons. The molecule has 1 N–H and O–H groups in total. The number of aliphatic hydroxyl groups excluding tert-OH is 1. The summed E-state index contributed by atoms with van der Waals surface area (Å²) in [5.41, 5.74) is 2.28. The second-order valence-corrected chi connectivity index (χ2v) is 6.68. The molecule has 1 aromatic heterocycles. The van der Waals surface area contributed by atoms with Crippen LogP contribution in [-0.4, -0.2) is 10.9 Å². The first kappa shape index (κ1) is 14.3. The van der Waals surface area contributed by atoms with Crippen LogP contribution in [0.4, 0.5) is 0 Å². The summed E-state index contributed by atoms with van der Waals surface area (Å²) in [5.74, 6) is 1.61. The van der Waals surface area contributed by atoms with Crippen LogP contribution in [0.5, 0.6) is 0 Å². The molecule has 0 aliphatic heterocycles. The minimum atomic E-state index is -0.403. The normalized spacial score (nSPS) is 25.7. The van der Waals surface area contributed by atoms with Crippen molar-refractivity contribution in [2.45, 2.75) is 33.1 Å². The van der Waals surface area contributed by atoms with Gasteiger partial charge in [0, 0.05) is 23.8 Å². The molecule has 0 radical (unpaired) electrons. The van der Waals surface area contributed by atoms with Crippen LogP contribution in [-0.2, 0) is 17.6 Å². The van der Waals surface area contributed by atoms with Crippen LogP contribution in [0.2, 0.25) is 0 Å². The van der Waals surface area contributed by atoms with Crippen LogP contribution in [0.1, 0.15) is 31.6 Å². The van der Waals surface area contributed by atoms with Gasteiger partial charge in [-0.05, 0) is 37.0 Å². The zero-order valence-electron chi connectivity index (χ0n) is 13.4. The number of carbonyl (C=O) groups excluding carboxylic acids is 1. The van der Waals surface area contributed by atoms with Gasteiger partial charge >= 0.3 is 0 Å². The fourth-order valence-electron chi connectivity index (χ4n) is 3.82. The Morgan fingerprint density at radius 1 is 1.39 bits per heavy atom. The molecule has 0 bridgehead atoms. The summed E-state index contributed by atoms with van der Waals surface area (Å²) in [4.78, 5) is 13.0. The maximum atomic E-state index is 13.0. The average Bonchev–Trinajstić information content (AvgIpc) is 3.14. The van der Waals surface area contributed by atoms with Crippen LogP contribution >= 0.6 is 0 Å². The molecule has 1 saturated carbocycles. The van der Waals surface area contributed by atoms with E-state index in [1.807, 2.05) is 43.3 Å². The Morgan fingerprint density at radius 3 is 2.96 bits per heavy atom. The first-order valence-corrected chi connectivity index (χ1v) is 8.18. The van der Waals surface area contributed by atoms with Gasteiger partial charge in [0.05, 0.1) is 5.41 Å². The lowest BCUT2D eigenvalue weighted by atomic mass is 9.87. The molecule has 3 heteroatoms. The van der Waals surface area contributed by atoms with Gasteiger partial charge in [0.25, 0.3) is 0 Å². The number of aliphatic hydroxyl groups is 1. The van der Waals surface area contributed by atoms with Crippen LogP contribution < -0.4 is 0 Å². The van der Waals surface area contributed by atoms with Gasteiger partial charge < -0.3 is 9.52 Å². The van der Waals surface area contributed by atoms with Crippen molar-refractivity contribution in [1.29, 1.82) is 0 Å². The van der Waals surface area contributed by atoms with Crippen molar-refractivity contribution in [3.8, 4) is 0 Å². The fourth-order valence-corrected chi connectivity index (χ4v) is 3.82. The van der Waals surface area contributed by atoms with E-state index in [1.54, 1.807) is 0 Å². The van der Waals surface area contributed by atoms with E-state index in [9.17, 15) is 9.90 Å². The molecule has 2 aromatic rings. The maximum absolute atomic E-state index is 13.0. The zero-order valence-corrected chi connectivity index (χ0v) is 13.4. The predicted octanol–water partition coefficient (Wildman–Crippen LogP) is 4.51. The Kier molecular flexibility index (Phi) is 3.02. The number of fused-ring (bicyclic) bond motifs is 2. The third-order valence-electron chi connectivity index (χ3n) is 5.26. The maximum Gasteiger partial charge on any atom is 0.147 e. The molecule has 23 heavy (non-hydrogen) atoms. The number of benzene rings is 1. The van der Waals surface area contributed by atoms with Gasteiger partial charge in [0.2, 0.25) is 0 Å². The van der Waals surface area contributed by atoms with Crippen LogP contribution in [0.25, 0.3) is 11.0 Å². The number of para-hydroxylation sites is 1.